The number of para-hydroxylation sites is 1. The lowest BCUT2D eigenvalue weighted by Gasteiger charge is -2.26. The number of nitrogens with zero attached hydrogens (tertiary/aromatic N) is 1. The fourth-order valence-corrected chi connectivity index (χ4v) is 3.60. The molecule has 136 valence electrons. The maximum Gasteiger partial charge on any atom is 0.315 e. The molecule has 0 spiro atoms. The van der Waals surface area contributed by atoms with E-state index in [9.17, 15) is 4.79 Å². The van der Waals surface area contributed by atoms with Crippen molar-refractivity contribution < 1.29 is 9.21 Å². The number of aromatic nitrogens is 1. The minimum atomic E-state index is -0.167. The number of rotatable bonds is 6. The van der Waals surface area contributed by atoms with Crippen LogP contribution in [-0.2, 0) is 6.54 Å². The predicted octanol–water partition coefficient (Wildman–Crippen LogP) is 3.40. The van der Waals surface area contributed by atoms with Crippen LogP contribution in [-0.4, -0.2) is 35.5 Å². The second-order valence-corrected chi connectivity index (χ2v) is 6.72. The van der Waals surface area contributed by atoms with E-state index in [-0.39, 0.29) is 12.1 Å². The highest BCUT2D eigenvalue weighted by atomic mass is 16.3. The molecule has 2 aromatic heterocycles. The van der Waals surface area contributed by atoms with Crippen molar-refractivity contribution in [2.75, 3.05) is 19.6 Å². The van der Waals surface area contributed by atoms with Gasteiger partial charge in [0.2, 0.25) is 0 Å². The van der Waals surface area contributed by atoms with Gasteiger partial charge in [-0.1, -0.05) is 18.2 Å². The monoisotopic (exact) mass is 352 g/mol. The Labute approximate surface area is 152 Å². The van der Waals surface area contributed by atoms with E-state index < -0.39 is 0 Å². The number of nitrogens with one attached hydrogen (secondary N) is 3. The molecule has 3 N–H and O–H groups in total. The summed E-state index contributed by atoms with van der Waals surface area (Å²) in [6.45, 7) is 3.09. The van der Waals surface area contributed by atoms with Crippen LogP contribution in [0.3, 0.4) is 0 Å². The SMILES string of the molecule is O=C(NCc1cc2ccccc2[nH]1)NCC(c1ccco1)N1CCCC1. The van der Waals surface area contributed by atoms with Crippen LogP contribution in [0.2, 0.25) is 0 Å². The number of amides is 2. The summed E-state index contributed by atoms with van der Waals surface area (Å²) in [6.07, 6.45) is 4.09. The smallest absolute Gasteiger partial charge is 0.315 e. The van der Waals surface area contributed by atoms with Gasteiger partial charge in [-0.15, -0.1) is 0 Å². The average molecular weight is 352 g/mol. The van der Waals surface area contributed by atoms with Gasteiger partial charge >= 0.3 is 6.03 Å². The van der Waals surface area contributed by atoms with Crippen LogP contribution in [0, 0.1) is 0 Å². The standard InChI is InChI=1S/C20H24N4O2/c25-20(21-13-16-12-15-6-1-2-7-17(15)23-16)22-14-18(19-8-5-11-26-19)24-9-3-4-10-24/h1-2,5-8,11-12,18,23H,3-4,9-10,13-14H2,(H2,21,22,25). The first-order valence-corrected chi connectivity index (χ1v) is 9.15. The fourth-order valence-electron chi connectivity index (χ4n) is 3.60. The second-order valence-electron chi connectivity index (χ2n) is 6.72. The summed E-state index contributed by atoms with van der Waals surface area (Å²) < 4.78 is 5.58. The molecule has 1 aromatic carbocycles. The number of urea groups is 1. The molecular formula is C20H24N4O2. The number of likely N-dealkylation sites (tertiary alicyclic amines) is 1. The molecule has 6 nitrogen and oxygen atoms in total. The highest BCUT2D eigenvalue weighted by Gasteiger charge is 2.25. The van der Waals surface area contributed by atoms with Crippen LogP contribution < -0.4 is 10.6 Å². The number of benzene rings is 1. The third kappa shape index (κ3) is 3.75. The summed E-state index contributed by atoms with van der Waals surface area (Å²) in [7, 11) is 0. The maximum atomic E-state index is 12.2. The van der Waals surface area contributed by atoms with Gasteiger partial charge in [0.25, 0.3) is 0 Å². The topological polar surface area (TPSA) is 73.3 Å². The first-order valence-electron chi connectivity index (χ1n) is 9.15. The number of carbonyl (C=O) groups excluding carboxylic acids is 1. The molecule has 0 saturated carbocycles. The first kappa shape index (κ1) is 16.7. The Kier molecular flexibility index (Phi) is 4.93. The molecule has 3 aromatic rings. The highest BCUT2D eigenvalue weighted by molar-refractivity contribution is 5.80. The van der Waals surface area contributed by atoms with Crippen molar-refractivity contribution in [2.24, 2.45) is 0 Å². The van der Waals surface area contributed by atoms with Crippen LogP contribution in [0.4, 0.5) is 4.79 Å². The van der Waals surface area contributed by atoms with Gasteiger partial charge in [-0.25, -0.2) is 4.79 Å². The summed E-state index contributed by atoms with van der Waals surface area (Å²) in [5.74, 6) is 0.905. The summed E-state index contributed by atoms with van der Waals surface area (Å²) in [5, 5.41) is 7.06. The minimum Gasteiger partial charge on any atom is -0.468 e. The van der Waals surface area contributed by atoms with Crippen molar-refractivity contribution in [3.63, 3.8) is 0 Å². The van der Waals surface area contributed by atoms with Gasteiger partial charge < -0.3 is 20.0 Å². The number of H-pyrrole nitrogens is 1. The summed E-state index contributed by atoms with van der Waals surface area (Å²) in [5.41, 5.74) is 2.07. The van der Waals surface area contributed by atoms with E-state index in [2.05, 4.69) is 32.7 Å². The quantitative estimate of drug-likeness (QED) is 0.637. The van der Waals surface area contributed by atoms with Gasteiger partial charge in [0, 0.05) is 17.8 Å². The summed E-state index contributed by atoms with van der Waals surface area (Å²) in [6, 6.07) is 13.9. The lowest BCUT2D eigenvalue weighted by atomic mass is 10.2. The van der Waals surface area contributed by atoms with Gasteiger partial charge in [-0.05, 0) is 55.6 Å². The molecule has 6 heteroatoms. The van der Waals surface area contributed by atoms with Gasteiger partial charge in [0.15, 0.2) is 0 Å². The van der Waals surface area contributed by atoms with E-state index in [1.165, 1.54) is 12.8 Å². The van der Waals surface area contributed by atoms with Crippen molar-refractivity contribution in [2.45, 2.75) is 25.4 Å². The van der Waals surface area contributed by atoms with E-state index in [0.29, 0.717) is 13.1 Å². The van der Waals surface area contributed by atoms with Gasteiger partial charge in [-0.3, -0.25) is 4.90 Å². The molecule has 4 rings (SSSR count). The Bertz CT molecular complexity index is 817. The molecule has 1 aliphatic rings. The lowest BCUT2D eigenvalue weighted by molar-refractivity contribution is 0.203. The zero-order valence-electron chi connectivity index (χ0n) is 14.7. The zero-order chi connectivity index (χ0) is 17.8. The Hall–Kier alpha value is -2.73. The van der Waals surface area contributed by atoms with E-state index in [0.717, 1.165) is 35.4 Å². The Balaban J connectivity index is 1.32. The van der Waals surface area contributed by atoms with Gasteiger partial charge in [0.05, 0.1) is 18.8 Å². The fraction of sp³-hybridized carbons (Fsp3) is 0.350. The molecule has 1 fully saturated rings. The van der Waals surface area contributed by atoms with Crippen LogP contribution in [0.15, 0.2) is 53.1 Å². The third-order valence-electron chi connectivity index (χ3n) is 4.93. The predicted molar refractivity (Wildman–Crippen MR) is 101 cm³/mol. The van der Waals surface area contributed by atoms with Crippen LogP contribution in [0.1, 0.15) is 30.3 Å². The molecule has 0 radical (unpaired) electrons. The maximum absolute atomic E-state index is 12.2. The van der Waals surface area contributed by atoms with Crippen LogP contribution >= 0.6 is 0 Å². The minimum absolute atomic E-state index is 0.0892. The van der Waals surface area contributed by atoms with Gasteiger partial charge in [0.1, 0.15) is 5.76 Å². The lowest BCUT2D eigenvalue weighted by Crippen LogP contribution is -2.41. The van der Waals surface area contributed by atoms with Crippen molar-refractivity contribution in [1.82, 2.24) is 20.5 Å². The van der Waals surface area contributed by atoms with Crippen molar-refractivity contribution in [1.29, 1.82) is 0 Å². The van der Waals surface area contributed by atoms with Crippen molar-refractivity contribution in [3.8, 4) is 0 Å². The summed E-state index contributed by atoms with van der Waals surface area (Å²) in [4.78, 5) is 17.9. The van der Waals surface area contributed by atoms with Crippen LogP contribution in [0.5, 0.6) is 0 Å². The number of carbonyl (C=O) groups is 1. The normalized spacial score (nSPS) is 16.0. The average Bonchev–Trinajstić information content (AvgIpc) is 3.40. The van der Waals surface area contributed by atoms with Crippen LogP contribution in [0.25, 0.3) is 10.9 Å². The summed E-state index contributed by atoms with van der Waals surface area (Å²) >= 11 is 0. The number of hydrogen-bond donors (Lipinski definition) is 3. The molecule has 2 amide bonds. The zero-order valence-corrected chi connectivity index (χ0v) is 14.7. The molecule has 1 unspecified atom stereocenters. The molecule has 1 atom stereocenters. The molecule has 1 aliphatic heterocycles. The number of aromatic amines is 1. The second kappa shape index (κ2) is 7.66. The Morgan fingerprint density at radius 1 is 1.15 bits per heavy atom. The number of furan rings is 1. The Morgan fingerprint density at radius 3 is 2.77 bits per heavy atom. The van der Waals surface area contributed by atoms with E-state index in [1.807, 2.05) is 30.3 Å². The van der Waals surface area contributed by atoms with Crippen molar-refractivity contribution in [3.05, 3.63) is 60.2 Å². The number of hydrogen-bond acceptors (Lipinski definition) is 3. The largest absolute Gasteiger partial charge is 0.468 e. The molecule has 0 bridgehead atoms. The number of fused-ring (bicyclic) bond motifs is 1. The first-order chi connectivity index (χ1) is 12.8. The molecule has 26 heavy (non-hydrogen) atoms. The van der Waals surface area contributed by atoms with Crippen molar-refractivity contribution >= 4 is 16.9 Å². The molecule has 0 aliphatic carbocycles. The highest BCUT2D eigenvalue weighted by Crippen LogP contribution is 2.24. The molecule has 3 heterocycles. The van der Waals surface area contributed by atoms with E-state index >= 15 is 0 Å². The third-order valence-corrected chi connectivity index (χ3v) is 4.93. The van der Waals surface area contributed by atoms with E-state index in [4.69, 9.17) is 4.42 Å². The van der Waals surface area contributed by atoms with Gasteiger partial charge in [-0.2, -0.15) is 0 Å². The Morgan fingerprint density at radius 2 is 2.00 bits per heavy atom. The molecular weight excluding hydrogens is 328 g/mol. The van der Waals surface area contributed by atoms with E-state index in [1.54, 1.807) is 6.26 Å². The molecule has 1 saturated heterocycles.